The maximum Gasteiger partial charge on any atom is 0.270 e. The number of aryl methyl sites for hydroxylation is 1. The van der Waals surface area contributed by atoms with E-state index in [1.165, 1.54) is 30.2 Å². The molecule has 1 N–H and O–H groups in total. The number of nitrogens with zero attached hydrogens (tertiary/aromatic N) is 1. The van der Waals surface area contributed by atoms with Crippen LogP contribution in [0.4, 0.5) is 10.1 Å². The van der Waals surface area contributed by atoms with E-state index in [9.17, 15) is 14.0 Å². The second-order valence-corrected chi connectivity index (χ2v) is 8.72. The van der Waals surface area contributed by atoms with Crippen LogP contribution in [0, 0.1) is 5.82 Å². The number of halogens is 2. The zero-order valence-corrected chi connectivity index (χ0v) is 21.1. The van der Waals surface area contributed by atoms with Crippen LogP contribution in [0.15, 0.2) is 66.2 Å². The summed E-state index contributed by atoms with van der Waals surface area (Å²) in [6.45, 7) is 2.17. The zero-order valence-electron chi connectivity index (χ0n) is 19.5. The summed E-state index contributed by atoms with van der Waals surface area (Å²) in [5.41, 5.74) is 2.75. The molecule has 36 heavy (non-hydrogen) atoms. The molecule has 3 aromatic carbocycles. The van der Waals surface area contributed by atoms with Gasteiger partial charge in [0.25, 0.3) is 11.8 Å². The molecule has 9 heteroatoms. The lowest BCUT2D eigenvalue weighted by molar-refractivity contribution is -0.122. The summed E-state index contributed by atoms with van der Waals surface area (Å²) in [5, 5.41) is 2.79. The third kappa shape index (κ3) is 5.40. The molecule has 1 aliphatic heterocycles. The number of methoxy groups -OCH3 is 1. The fourth-order valence-corrected chi connectivity index (χ4v) is 4.19. The molecular weight excluding hydrogens is 503 g/mol. The van der Waals surface area contributed by atoms with Crippen LogP contribution in [-0.2, 0) is 22.6 Å². The molecule has 2 amide bonds. The number of carbonyl (C=O) groups is 2. The van der Waals surface area contributed by atoms with Crippen LogP contribution in [0.3, 0.4) is 0 Å². The fourth-order valence-electron chi connectivity index (χ4n) is 3.64. The second kappa shape index (κ2) is 10.9. The van der Waals surface area contributed by atoms with E-state index in [0.29, 0.717) is 17.0 Å². The van der Waals surface area contributed by atoms with E-state index in [-0.39, 0.29) is 33.9 Å². The average molecular weight is 525 g/mol. The van der Waals surface area contributed by atoms with E-state index in [1.807, 2.05) is 19.1 Å². The molecule has 0 saturated carbocycles. The summed E-state index contributed by atoms with van der Waals surface area (Å²) in [6.07, 6.45) is 2.28. The van der Waals surface area contributed by atoms with E-state index in [4.69, 9.17) is 33.3 Å². The van der Waals surface area contributed by atoms with Crippen molar-refractivity contribution in [2.45, 2.75) is 20.0 Å². The van der Waals surface area contributed by atoms with Gasteiger partial charge < -0.3 is 9.47 Å². The maximum absolute atomic E-state index is 13.3. The Bertz CT molecular complexity index is 1360. The van der Waals surface area contributed by atoms with Gasteiger partial charge in [0.15, 0.2) is 16.6 Å². The minimum atomic E-state index is -0.613. The van der Waals surface area contributed by atoms with Crippen molar-refractivity contribution in [2.75, 3.05) is 12.0 Å². The second-order valence-electron chi connectivity index (χ2n) is 7.93. The smallest absolute Gasteiger partial charge is 0.270 e. The first kappa shape index (κ1) is 25.3. The maximum atomic E-state index is 13.3. The van der Waals surface area contributed by atoms with Crippen LogP contribution >= 0.6 is 23.8 Å². The number of benzene rings is 3. The zero-order chi connectivity index (χ0) is 25.8. The van der Waals surface area contributed by atoms with Gasteiger partial charge in [-0.2, -0.15) is 0 Å². The Balaban J connectivity index is 1.62. The van der Waals surface area contributed by atoms with Crippen LogP contribution in [0.25, 0.3) is 6.08 Å². The number of carbonyl (C=O) groups excluding carboxylic acids is 2. The highest BCUT2D eigenvalue weighted by Crippen LogP contribution is 2.38. The first-order valence-electron chi connectivity index (χ1n) is 11.1. The summed E-state index contributed by atoms with van der Waals surface area (Å²) in [5.74, 6) is -0.922. The predicted octanol–water partition coefficient (Wildman–Crippen LogP) is 5.46. The van der Waals surface area contributed by atoms with Crippen molar-refractivity contribution in [3.8, 4) is 11.5 Å². The topological polar surface area (TPSA) is 67.9 Å². The third-order valence-electron chi connectivity index (χ3n) is 5.56. The summed E-state index contributed by atoms with van der Waals surface area (Å²) in [4.78, 5) is 27.2. The van der Waals surface area contributed by atoms with Crippen molar-refractivity contribution in [1.29, 1.82) is 0 Å². The van der Waals surface area contributed by atoms with Gasteiger partial charge in [0.05, 0.1) is 17.8 Å². The lowest BCUT2D eigenvalue weighted by Gasteiger charge is -2.29. The molecule has 0 aromatic heterocycles. The Labute approximate surface area is 218 Å². The number of nitrogens with one attached hydrogen (secondary N) is 1. The highest BCUT2D eigenvalue weighted by atomic mass is 35.5. The van der Waals surface area contributed by atoms with E-state index in [2.05, 4.69) is 5.32 Å². The molecule has 4 rings (SSSR count). The van der Waals surface area contributed by atoms with Crippen molar-refractivity contribution in [3.05, 3.63) is 93.8 Å². The third-order valence-corrected chi connectivity index (χ3v) is 6.13. The van der Waals surface area contributed by atoms with Gasteiger partial charge in [-0.1, -0.05) is 42.8 Å². The van der Waals surface area contributed by atoms with Gasteiger partial charge in [0.2, 0.25) is 0 Å². The van der Waals surface area contributed by atoms with Crippen molar-refractivity contribution in [3.63, 3.8) is 0 Å². The molecule has 0 bridgehead atoms. The van der Waals surface area contributed by atoms with Gasteiger partial charge in [0.1, 0.15) is 18.0 Å². The normalized spacial score (nSPS) is 14.7. The number of amides is 2. The molecule has 1 heterocycles. The molecule has 0 spiro atoms. The van der Waals surface area contributed by atoms with Crippen LogP contribution in [0.1, 0.15) is 23.6 Å². The highest BCUT2D eigenvalue weighted by molar-refractivity contribution is 7.80. The number of rotatable bonds is 7. The van der Waals surface area contributed by atoms with Crippen molar-refractivity contribution in [2.24, 2.45) is 0 Å². The van der Waals surface area contributed by atoms with Crippen LogP contribution in [-0.4, -0.2) is 24.0 Å². The Morgan fingerprint density at radius 2 is 1.72 bits per heavy atom. The van der Waals surface area contributed by atoms with E-state index < -0.39 is 11.8 Å². The molecule has 6 nitrogen and oxygen atoms in total. The molecule has 0 unspecified atom stereocenters. The predicted molar refractivity (Wildman–Crippen MR) is 141 cm³/mol. The molecule has 1 aliphatic rings. The van der Waals surface area contributed by atoms with Crippen LogP contribution < -0.4 is 19.7 Å². The Morgan fingerprint density at radius 3 is 2.36 bits per heavy atom. The van der Waals surface area contributed by atoms with Gasteiger partial charge in [-0.3, -0.25) is 19.8 Å². The van der Waals surface area contributed by atoms with Crippen LogP contribution in [0.2, 0.25) is 5.02 Å². The summed E-state index contributed by atoms with van der Waals surface area (Å²) in [6, 6.07) is 16.4. The standard InChI is InChI=1S/C27H22ClFN2O4S/c1-3-16-6-10-20(11-7-16)31-26(33)21(25(32)30-27(31)36)12-18-13-22(28)24(23(14-18)34-2)35-15-17-4-8-19(29)9-5-17/h4-14H,3,15H2,1-2H3,(H,30,32,36)/b21-12+. The molecule has 3 aromatic rings. The molecule has 1 fully saturated rings. The summed E-state index contributed by atoms with van der Waals surface area (Å²) >= 11 is 11.7. The van der Waals surface area contributed by atoms with Gasteiger partial charge in [-0.15, -0.1) is 0 Å². The number of ether oxygens (including phenoxy) is 2. The molecule has 0 atom stereocenters. The molecule has 184 valence electrons. The first-order valence-corrected chi connectivity index (χ1v) is 11.8. The minimum absolute atomic E-state index is 0.00607. The quantitative estimate of drug-likeness (QED) is 0.252. The van der Waals surface area contributed by atoms with Gasteiger partial charge in [-0.25, -0.2) is 4.39 Å². The molecule has 0 aliphatic carbocycles. The Hall–Kier alpha value is -3.75. The van der Waals surface area contributed by atoms with E-state index >= 15 is 0 Å². The summed E-state index contributed by atoms with van der Waals surface area (Å²) in [7, 11) is 1.45. The largest absolute Gasteiger partial charge is 0.493 e. The van der Waals surface area contributed by atoms with E-state index in [0.717, 1.165) is 17.5 Å². The number of thiocarbonyl (C=S) groups is 1. The molecule has 0 radical (unpaired) electrons. The van der Waals surface area contributed by atoms with Crippen molar-refractivity contribution in [1.82, 2.24) is 5.32 Å². The minimum Gasteiger partial charge on any atom is -0.493 e. The lowest BCUT2D eigenvalue weighted by Crippen LogP contribution is -2.54. The summed E-state index contributed by atoms with van der Waals surface area (Å²) < 4.78 is 24.4. The number of hydrogen-bond acceptors (Lipinski definition) is 5. The highest BCUT2D eigenvalue weighted by Gasteiger charge is 2.34. The SMILES string of the molecule is CCc1ccc(N2C(=O)/C(=C/c3cc(Cl)c(OCc4ccc(F)cc4)c(OC)c3)C(=O)NC2=S)cc1. The van der Waals surface area contributed by atoms with Crippen LogP contribution in [0.5, 0.6) is 11.5 Å². The Kier molecular flexibility index (Phi) is 7.67. The monoisotopic (exact) mass is 524 g/mol. The van der Waals surface area contributed by atoms with Gasteiger partial charge >= 0.3 is 0 Å². The van der Waals surface area contributed by atoms with Crippen molar-refractivity contribution >= 4 is 52.5 Å². The first-order chi connectivity index (χ1) is 17.3. The fraction of sp³-hybridized carbons (Fsp3) is 0.148. The molecule has 1 saturated heterocycles. The van der Waals surface area contributed by atoms with Gasteiger partial charge in [-0.05, 0) is 77.8 Å². The van der Waals surface area contributed by atoms with Gasteiger partial charge in [0, 0.05) is 0 Å². The van der Waals surface area contributed by atoms with E-state index in [1.54, 1.807) is 36.4 Å². The number of anilines is 1. The Morgan fingerprint density at radius 1 is 1.06 bits per heavy atom. The molecular formula is C27H22ClFN2O4S. The lowest BCUT2D eigenvalue weighted by atomic mass is 10.1. The average Bonchev–Trinajstić information content (AvgIpc) is 2.87. The number of hydrogen-bond donors (Lipinski definition) is 1. The van der Waals surface area contributed by atoms with Crippen molar-refractivity contribution < 1.29 is 23.5 Å².